The Hall–Kier alpha value is -3.23. The van der Waals surface area contributed by atoms with Crippen molar-refractivity contribution in [3.63, 3.8) is 0 Å². The van der Waals surface area contributed by atoms with Crippen molar-refractivity contribution in [1.29, 1.82) is 0 Å². The number of rotatable bonds is 5. The molecule has 0 saturated heterocycles. The van der Waals surface area contributed by atoms with E-state index in [1.165, 1.54) is 26.4 Å². The smallest absolute Gasteiger partial charge is 0.416 e. The van der Waals surface area contributed by atoms with Crippen molar-refractivity contribution in [3.8, 4) is 5.75 Å². The zero-order valence-electron chi connectivity index (χ0n) is 20.5. The SMILES string of the molecule is COC(=O)c1cc2nc(Nc3ccc(C(F)(F)F)cc3)n([C@@H]3C[C@H](C)CC(C)(C)C3)c2cc1OC. The summed E-state index contributed by atoms with van der Waals surface area (Å²) in [6.45, 7) is 6.72. The third kappa shape index (κ3) is 5.09. The number of hydrogen-bond acceptors (Lipinski definition) is 5. The molecule has 4 rings (SSSR count). The van der Waals surface area contributed by atoms with Crippen molar-refractivity contribution in [2.24, 2.45) is 11.3 Å². The van der Waals surface area contributed by atoms with Gasteiger partial charge in [-0.2, -0.15) is 13.2 Å². The van der Waals surface area contributed by atoms with E-state index >= 15 is 0 Å². The van der Waals surface area contributed by atoms with Crippen molar-refractivity contribution in [1.82, 2.24) is 9.55 Å². The number of halogens is 3. The molecule has 3 aromatic rings. The molecule has 1 heterocycles. The molecule has 1 N–H and O–H groups in total. The zero-order valence-corrected chi connectivity index (χ0v) is 20.5. The normalized spacial score (nSPS) is 20.0. The number of hydrogen-bond donors (Lipinski definition) is 1. The summed E-state index contributed by atoms with van der Waals surface area (Å²) in [5.41, 5.74) is 1.48. The zero-order chi connectivity index (χ0) is 25.5. The lowest BCUT2D eigenvalue weighted by atomic mass is 9.70. The minimum atomic E-state index is -4.41. The molecule has 9 heteroatoms. The first-order chi connectivity index (χ1) is 16.4. The second kappa shape index (κ2) is 9.09. The maximum Gasteiger partial charge on any atom is 0.416 e. The fourth-order valence-corrected chi connectivity index (χ4v) is 5.38. The summed E-state index contributed by atoms with van der Waals surface area (Å²) < 4.78 is 51.5. The first-order valence-electron chi connectivity index (χ1n) is 11.5. The molecule has 6 nitrogen and oxygen atoms in total. The number of ether oxygens (including phenoxy) is 2. The van der Waals surface area contributed by atoms with Gasteiger partial charge in [0, 0.05) is 17.8 Å². The lowest BCUT2D eigenvalue weighted by Crippen LogP contribution is -2.29. The van der Waals surface area contributed by atoms with Crippen LogP contribution in [-0.2, 0) is 10.9 Å². The molecule has 188 valence electrons. The summed E-state index contributed by atoms with van der Waals surface area (Å²) in [6.07, 6.45) is -1.47. The summed E-state index contributed by atoms with van der Waals surface area (Å²) in [6, 6.07) is 8.37. The summed E-state index contributed by atoms with van der Waals surface area (Å²) >= 11 is 0. The molecule has 2 aromatic carbocycles. The maximum absolute atomic E-state index is 13.0. The van der Waals surface area contributed by atoms with Crippen LogP contribution in [0.3, 0.4) is 0 Å². The van der Waals surface area contributed by atoms with Crippen LogP contribution in [0, 0.1) is 11.3 Å². The molecule has 2 atom stereocenters. The Kier molecular flexibility index (Phi) is 6.46. The highest BCUT2D eigenvalue weighted by molar-refractivity contribution is 5.97. The average molecular weight is 490 g/mol. The van der Waals surface area contributed by atoms with Gasteiger partial charge in [0.15, 0.2) is 0 Å². The molecule has 0 bridgehead atoms. The highest BCUT2D eigenvalue weighted by Gasteiger charge is 2.35. The van der Waals surface area contributed by atoms with Crippen molar-refractivity contribution >= 4 is 28.6 Å². The molecule has 1 aliphatic carbocycles. The average Bonchev–Trinajstić information content (AvgIpc) is 3.12. The lowest BCUT2D eigenvalue weighted by molar-refractivity contribution is -0.137. The van der Waals surface area contributed by atoms with Gasteiger partial charge in [0.05, 0.1) is 30.8 Å². The number of aromatic nitrogens is 2. The molecule has 35 heavy (non-hydrogen) atoms. The van der Waals surface area contributed by atoms with Gasteiger partial charge in [-0.15, -0.1) is 0 Å². The van der Waals surface area contributed by atoms with Gasteiger partial charge < -0.3 is 19.4 Å². The van der Waals surface area contributed by atoms with Gasteiger partial charge in [0.25, 0.3) is 0 Å². The van der Waals surface area contributed by atoms with Crippen LogP contribution in [-0.4, -0.2) is 29.7 Å². The first-order valence-corrected chi connectivity index (χ1v) is 11.5. The third-order valence-electron chi connectivity index (χ3n) is 6.61. The molecule has 0 aliphatic heterocycles. The molecule has 0 unspecified atom stereocenters. The van der Waals surface area contributed by atoms with Gasteiger partial charge in [-0.05, 0) is 60.9 Å². The van der Waals surface area contributed by atoms with Crippen LogP contribution in [0.25, 0.3) is 11.0 Å². The van der Waals surface area contributed by atoms with Gasteiger partial charge in [-0.25, -0.2) is 9.78 Å². The molecular weight excluding hydrogens is 459 g/mol. The number of nitrogens with zero attached hydrogens (tertiary/aromatic N) is 2. The van der Waals surface area contributed by atoms with Crippen molar-refractivity contribution in [2.45, 2.75) is 52.3 Å². The third-order valence-corrected chi connectivity index (χ3v) is 6.61. The van der Waals surface area contributed by atoms with Crippen LogP contribution in [0.4, 0.5) is 24.8 Å². The van der Waals surface area contributed by atoms with E-state index in [-0.39, 0.29) is 17.0 Å². The molecule has 1 fully saturated rings. The fourth-order valence-electron chi connectivity index (χ4n) is 5.38. The summed E-state index contributed by atoms with van der Waals surface area (Å²) in [7, 11) is 2.79. The van der Waals surface area contributed by atoms with Gasteiger partial charge >= 0.3 is 12.1 Å². The number of carbonyl (C=O) groups excluding carboxylic acids is 1. The number of nitrogens with one attached hydrogen (secondary N) is 1. The number of methoxy groups -OCH3 is 2. The standard InChI is InChI=1S/C26H30F3N3O3/c1-15-10-18(14-25(2,3)13-15)32-21-12-22(34-4)19(23(33)35-5)11-20(21)31-24(32)30-17-8-6-16(7-9-17)26(27,28)29/h6-9,11-12,15,18H,10,13-14H2,1-5H3,(H,30,31)/t15-,18+/m0/s1. The van der Waals surface area contributed by atoms with E-state index in [2.05, 4.69) is 30.7 Å². The maximum atomic E-state index is 13.0. The van der Waals surface area contributed by atoms with Crippen LogP contribution >= 0.6 is 0 Å². The summed E-state index contributed by atoms with van der Waals surface area (Å²) in [4.78, 5) is 17.1. The number of carbonyl (C=O) groups is 1. The minimum absolute atomic E-state index is 0.101. The topological polar surface area (TPSA) is 65.4 Å². The van der Waals surface area contributed by atoms with Gasteiger partial charge in [-0.3, -0.25) is 0 Å². The van der Waals surface area contributed by atoms with Crippen LogP contribution in [0.1, 0.15) is 62.0 Å². The monoisotopic (exact) mass is 489 g/mol. The number of alkyl halides is 3. The number of benzene rings is 2. The van der Waals surface area contributed by atoms with Gasteiger partial charge in [-0.1, -0.05) is 20.8 Å². The molecular formula is C26H30F3N3O3. The summed E-state index contributed by atoms with van der Waals surface area (Å²) in [5.74, 6) is 0.813. The van der Waals surface area contributed by atoms with Crippen LogP contribution in [0.5, 0.6) is 5.75 Å². The Balaban J connectivity index is 1.84. The number of imidazole rings is 1. The van der Waals surface area contributed by atoms with Crippen molar-refractivity contribution < 1.29 is 27.4 Å². The van der Waals surface area contributed by atoms with Crippen molar-refractivity contribution in [2.75, 3.05) is 19.5 Å². The second-order valence-corrected chi connectivity index (χ2v) is 10.1. The van der Waals surface area contributed by atoms with Gasteiger partial charge in [0.2, 0.25) is 5.95 Å². The Labute approximate surface area is 202 Å². The predicted molar refractivity (Wildman–Crippen MR) is 128 cm³/mol. The van der Waals surface area contributed by atoms with E-state index in [4.69, 9.17) is 14.5 Å². The minimum Gasteiger partial charge on any atom is -0.496 e. The largest absolute Gasteiger partial charge is 0.496 e. The van der Waals surface area contributed by atoms with Crippen LogP contribution in [0.2, 0.25) is 0 Å². The van der Waals surface area contributed by atoms with Crippen LogP contribution < -0.4 is 10.1 Å². The molecule has 0 spiro atoms. The first kappa shape index (κ1) is 24.9. The van der Waals surface area contributed by atoms with E-state index in [0.29, 0.717) is 28.8 Å². The van der Waals surface area contributed by atoms with E-state index in [9.17, 15) is 18.0 Å². The molecule has 1 aromatic heterocycles. The van der Waals surface area contributed by atoms with E-state index < -0.39 is 17.7 Å². The number of anilines is 2. The highest BCUT2D eigenvalue weighted by Crippen LogP contribution is 2.46. The Bertz CT molecular complexity index is 1230. The van der Waals surface area contributed by atoms with E-state index in [1.54, 1.807) is 12.1 Å². The number of esters is 1. The molecule has 0 radical (unpaired) electrons. The highest BCUT2D eigenvalue weighted by atomic mass is 19.4. The van der Waals surface area contributed by atoms with E-state index in [1.807, 2.05) is 0 Å². The Morgan fingerprint density at radius 3 is 2.40 bits per heavy atom. The van der Waals surface area contributed by atoms with Gasteiger partial charge in [0.1, 0.15) is 11.3 Å². The second-order valence-electron chi connectivity index (χ2n) is 10.1. The van der Waals surface area contributed by atoms with Crippen molar-refractivity contribution in [3.05, 3.63) is 47.5 Å². The Morgan fingerprint density at radius 2 is 1.83 bits per heavy atom. The van der Waals surface area contributed by atoms with Crippen LogP contribution in [0.15, 0.2) is 36.4 Å². The Morgan fingerprint density at radius 1 is 1.14 bits per heavy atom. The number of fused-ring (bicyclic) bond motifs is 1. The quantitative estimate of drug-likeness (QED) is 0.392. The lowest BCUT2D eigenvalue weighted by Gasteiger charge is -2.40. The molecule has 1 saturated carbocycles. The summed E-state index contributed by atoms with van der Waals surface area (Å²) in [5, 5.41) is 3.21. The molecule has 0 amide bonds. The predicted octanol–water partition coefficient (Wildman–Crippen LogP) is 6.98. The fraction of sp³-hybridized carbons (Fsp3) is 0.462. The van der Waals surface area contributed by atoms with E-state index in [0.717, 1.165) is 36.9 Å². The molecule has 1 aliphatic rings.